The predicted molar refractivity (Wildman–Crippen MR) is 101 cm³/mol. The first-order chi connectivity index (χ1) is 12.6. The second kappa shape index (κ2) is 8.23. The van der Waals surface area contributed by atoms with Gasteiger partial charge in [-0.15, -0.1) is 0 Å². The first-order valence-corrected chi connectivity index (χ1v) is 9.00. The Hall–Kier alpha value is -2.53. The highest BCUT2D eigenvalue weighted by molar-refractivity contribution is 6.30. The van der Waals surface area contributed by atoms with Crippen LogP contribution in [0.2, 0.25) is 5.02 Å². The number of ether oxygens (including phenoxy) is 1. The van der Waals surface area contributed by atoms with Crippen molar-refractivity contribution in [3.05, 3.63) is 59.1 Å². The molecule has 0 aliphatic carbocycles. The van der Waals surface area contributed by atoms with Crippen molar-refractivity contribution in [1.82, 2.24) is 5.32 Å². The third-order valence-electron chi connectivity index (χ3n) is 4.34. The number of halogens is 1. The molecule has 1 N–H and O–H groups in total. The molecule has 2 aromatic rings. The number of rotatable bonds is 6. The largest absolute Gasteiger partial charge is 0.494 e. The maximum Gasteiger partial charge on any atom is 0.227 e. The van der Waals surface area contributed by atoms with Gasteiger partial charge in [-0.3, -0.25) is 9.59 Å². The van der Waals surface area contributed by atoms with Crippen LogP contribution < -0.4 is 15.0 Å². The number of benzene rings is 2. The van der Waals surface area contributed by atoms with E-state index < -0.39 is 0 Å². The van der Waals surface area contributed by atoms with E-state index in [9.17, 15) is 9.59 Å². The lowest BCUT2D eigenvalue weighted by atomic mass is 10.1. The second-order valence-corrected chi connectivity index (χ2v) is 6.61. The van der Waals surface area contributed by atoms with Crippen LogP contribution in [0.5, 0.6) is 5.75 Å². The third-order valence-corrected chi connectivity index (χ3v) is 4.59. The van der Waals surface area contributed by atoms with E-state index in [-0.39, 0.29) is 24.2 Å². The summed E-state index contributed by atoms with van der Waals surface area (Å²) in [7, 11) is 0. The first kappa shape index (κ1) is 18.3. The molecule has 136 valence electrons. The number of carbonyl (C=O) groups is 2. The molecular weight excluding hydrogens is 352 g/mol. The predicted octanol–water partition coefficient (Wildman–Crippen LogP) is 3.41. The molecule has 0 bridgehead atoms. The fourth-order valence-electron chi connectivity index (χ4n) is 2.96. The van der Waals surface area contributed by atoms with Gasteiger partial charge in [-0.2, -0.15) is 0 Å². The minimum absolute atomic E-state index is 0.0409. The van der Waals surface area contributed by atoms with E-state index in [0.29, 0.717) is 24.7 Å². The Morgan fingerprint density at radius 3 is 2.54 bits per heavy atom. The van der Waals surface area contributed by atoms with Gasteiger partial charge in [-0.05, 0) is 48.9 Å². The van der Waals surface area contributed by atoms with Crippen molar-refractivity contribution in [1.29, 1.82) is 0 Å². The third kappa shape index (κ3) is 4.35. The zero-order valence-corrected chi connectivity index (χ0v) is 15.3. The zero-order chi connectivity index (χ0) is 18.5. The van der Waals surface area contributed by atoms with Crippen LogP contribution in [0.25, 0.3) is 0 Å². The lowest BCUT2D eigenvalue weighted by Gasteiger charge is -2.17. The van der Waals surface area contributed by atoms with Crippen LogP contribution in [0.3, 0.4) is 0 Å². The van der Waals surface area contributed by atoms with Gasteiger partial charge in [0.1, 0.15) is 5.75 Å². The van der Waals surface area contributed by atoms with Crippen LogP contribution in [0.1, 0.15) is 18.9 Å². The Labute approximate surface area is 157 Å². The molecule has 3 rings (SSSR count). The van der Waals surface area contributed by atoms with Gasteiger partial charge in [-0.1, -0.05) is 23.7 Å². The van der Waals surface area contributed by atoms with Crippen molar-refractivity contribution in [3.63, 3.8) is 0 Å². The van der Waals surface area contributed by atoms with Gasteiger partial charge in [-0.25, -0.2) is 0 Å². The molecular formula is C20H21ClN2O3. The average Bonchev–Trinajstić information content (AvgIpc) is 3.04. The first-order valence-electron chi connectivity index (χ1n) is 8.62. The molecule has 1 aliphatic heterocycles. The minimum Gasteiger partial charge on any atom is -0.494 e. The number of nitrogens with zero attached hydrogens (tertiary/aromatic N) is 1. The van der Waals surface area contributed by atoms with Crippen molar-refractivity contribution >= 4 is 29.1 Å². The maximum atomic E-state index is 12.4. The molecule has 1 unspecified atom stereocenters. The Bertz CT molecular complexity index is 775. The molecule has 0 radical (unpaired) electrons. The minimum atomic E-state index is -0.346. The Balaban J connectivity index is 1.57. The maximum absolute atomic E-state index is 12.4. The van der Waals surface area contributed by atoms with Crippen LogP contribution >= 0.6 is 11.6 Å². The van der Waals surface area contributed by atoms with E-state index in [4.69, 9.17) is 16.3 Å². The molecule has 5 nitrogen and oxygen atoms in total. The molecule has 0 aromatic heterocycles. The summed E-state index contributed by atoms with van der Waals surface area (Å²) in [6, 6.07) is 14.7. The summed E-state index contributed by atoms with van der Waals surface area (Å²) in [5.74, 6) is 0.268. The average molecular weight is 373 g/mol. The van der Waals surface area contributed by atoms with Crippen molar-refractivity contribution in [2.75, 3.05) is 18.1 Å². The summed E-state index contributed by atoms with van der Waals surface area (Å²) >= 11 is 5.86. The van der Waals surface area contributed by atoms with Crippen LogP contribution in [0.4, 0.5) is 5.69 Å². The van der Waals surface area contributed by atoms with Crippen molar-refractivity contribution in [2.24, 2.45) is 5.92 Å². The zero-order valence-electron chi connectivity index (χ0n) is 14.6. The molecule has 26 heavy (non-hydrogen) atoms. The van der Waals surface area contributed by atoms with Gasteiger partial charge in [0.2, 0.25) is 11.8 Å². The van der Waals surface area contributed by atoms with E-state index in [0.717, 1.165) is 17.0 Å². The van der Waals surface area contributed by atoms with Gasteiger partial charge in [0, 0.05) is 30.2 Å². The van der Waals surface area contributed by atoms with E-state index >= 15 is 0 Å². The summed E-state index contributed by atoms with van der Waals surface area (Å²) in [5, 5.41) is 3.56. The van der Waals surface area contributed by atoms with E-state index in [1.807, 2.05) is 43.3 Å². The topological polar surface area (TPSA) is 58.6 Å². The highest BCUT2D eigenvalue weighted by atomic mass is 35.5. The van der Waals surface area contributed by atoms with Crippen molar-refractivity contribution < 1.29 is 14.3 Å². The lowest BCUT2D eigenvalue weighted by molar-refractivity contribution is -0.126. The van der Waals surface area contributed by atoms with Crippen molar-refractivity contribution in [3.8, 4) is 5.75 Å². The van der Waals surface area contributed by atoms with Crippen LogP contribution in [0, 0.1) is 5.92 Å². The summed E-state index contributed by atoms with van der Waals surface area (Å²) in [6.45, 7) is 3.33. The highest BCUT2D eigenvalue weighted by Gasteiger charge is 2.34. The normalized spacial score (nSPS) is 16.6. The fraction of sp³-hybridized carbons (Fsp3) is 0.300. The molecule has 1 aliphatic rings. The molecule has 1 heterocycles. The summed E-state index contributed by atoms with van der Waals surface area (Å²) in [6.07, 6.45) is 0.222. The molecule has 1 saturated heterocycles. The number of amides is 2. The standard InChI is InChI=1S/C20H21ClN2O3/c1-2-26-18-9-7-17(8-10-18)23-13-15(11-19(23)24)20(25)22-12-14-3-5-16(21)6-4-14/h3-10,15H,2,11-13H2,1H3,(H,22,25). The quantitative estimate of drug-likeness (QED) is 0.845. The number of carbonyl (C=O) groups excluding carboxylic acids is 2. The molecule has 1 fully saturated rings. The van der Waals surface area contributed by atoms with Gasteiger partial charge in [0.15, 0.2) is 0 Å². The second-order valence-electron chi connectivity index (χ2n) is 6.18. The SMILES string of the molecule is CCOc1ccc(N2CC(C(=O)NCc3ccc(Cl)cc3)CC2=O)cc1. The van der Waals surface area contributed by atoms with E-state index in [1.165, 1.54) is 0 Å². The van der Waals surface area contributed by atoms with Crippen LogP contribution in [0.15, 0.2) is 48.5 Å². The molecule has 0 spiro atoms. The van der Waals surface area contributed by atoms with Gasteiger partial charge in [0.25, 0.3) is 0 Å². The van der Waals surface area contributed by atoms with Crippen LogP contribution in [-0.2, 0) is 16.1 Å². The highest BCUT2D eigenvalue weighted by Crippen LogP contribution is 2.27. The smallest absolute Gasteiger partial charge is 0.227 e. The Kier molecular flexibility index (Phi) is 5.78. The molecule has 1 atom stereocenters. The monoisotopic (exact) mass is 372 g/mol. The molecule has 2 amide bonds. The Morgan fingerprint density at radius 2 is 1.88 bits per heavy atom. The van der Waals surface area contributed by atoms with Gasteiger partial charge < -0.3 is 15.0 Å². The number of hydrogen-bond donors (Lipinski definition) is 1. The number of nitrogens with one attached hydrogen (secondary N) is 1. The Morgan fingerprint density at radius 1 is 1.19 bits per heavy atom. The summed E-state index contributed by atoms with van der Waals surface area (Å²) in [5.41, 5.74) is 1.75. The summed E-state index contributed by atoms with van der Waals surface area (Å²) < 4.78 is 5.42. The van der Waals surface area contributed by atoms with Crippen molar-refractivity contribution in [2.45, 2.75) is 19.9 Å². The van der Waals surface area contributed by atoms with E-state index in [2.05, 4.69) is 5.32 Å². The molecule has 6 heteroatoms. The van der Waals surface area contributed by atoms with Crippen LogP contribution in [-0.4, -0.2) is 25.0 Å². The molecule has 0 saturated carbocycles. The van der Waals surface area contributed by atoms with Gasteiger partial charge >= 0.3 is 0 Å². The van der Waals surface area contributed by atoms with E-state index in [1.54, 1.807) is 17.0 Å². The summed E-state index contributed by atoms with van der Waals surface area (Å²) in [4.78, 5) is 26.4. The lowest BCUT2D eigenvalue weighted by Crippen LogP contribution is -2.32. The number of hydrogen-bond acceptors (Lipinski definition) is 3. The molecule has 2 aromatic carbocycles. The fourth-order valence-corrected chi connectivity index (χ4v) is 3.08. The number of anilines is 1. The van der Waals surface area contributed by atoms with Gasteiger partial charge in [0.05, 0.1) is 12.5 Å².